The molecule has 1 aliphatic rings. The smallest absolute Gasteiger partial charge is 0.258 e. The van der Waals surface area contributed by atoms with Crippen LogP contribution in [0.25, 0.3) is 0 Å². The van der Waals surface area contributed by atoms with E-state index in [1.807, 2.05) is 6.92 Å². The van der Waals surface area contributed by atoms with Gasteiger partial charge in [0.25, 0.3) is 5.91 Å². The highest BCUT2D eigenvalue weighted by Crippen LogP contribution is 2.24. The molecule has 3 rings (SSSR count). The Bertz CT molecular complexity index is 746. The number of benzene rings is 2. The lowest BCUT2D eigenvalue weighted by atomic mass is 9.99. The van der Waals surface area contributed by atoms with Crippen molar-refractivity contribution >= 4 is 11.6 Å². The number of halogens is 1. The zero-order valence-corrected chi connectivity index (χ0v) is 16.0. The molecule has 1 fully saturated rings. The number of hydrogen-bond donors (Lipinski definition) is 1. The third kappa shape index (κ3) is 5.46. The predicted octanol–water partition coefficient (Wildman–Crippen LogP) is 4.32. The molecule has 144 valence electrons. The lowest BCUT2D eigenvalue weighted by Crippen LogP contribution is -2.34. The van der Waals surface area contributed by atoms with Gasteiger partial charge in [-0.15, -0.1) is 0 Å². The van der Waals surface area contributed by atoms with Crippen LogP contribution < -0.4 is 15.0 Å². The molecule has 0 aliphatic carbocycles. The fraction of sp³-hybridized carbons (Fsp3) is 0.409. The van der Waals surface area contributed by atoms with E-state index in [9.17, 15) is 9.18 Å². The molecule has 0 aromatic heterocycles. The van der Waals surface area contributed by atoms with Gasteiger partial charge in [0.2, 0.25) is 0 Å². The number of carbonyl (C=O) groups excluding carboxylic acids is 1. The van der Waals surface area contributed by atoms with E-state index in [0.29, 0.717) is 5.75 Å². The van der Waals surface area contributed by atoms with Gasteiger partial charge in [0.15, 0.2) is 6.61 Å². The van der Waals surface area contributed by atoms with Gasteiger partial charge in [-0.2, -0.15) is 0 Å². The van der Waals surface area contributed by atoms with Crippen molar-refractivity contribution in [1.29, 1.82) is 0 Å². The van der Waals surface area contributed by atoms with Crippen LogP contribution in [0.2, 0.25) is 0 Å². The first kappa shape index (κ1) is 19.2. The summed E-state index contributed by atoms with van der Waals surface area (Å²) in [5, 5.41) is 2.93. The highest BCUT2D eigenvalue weighted by Gasteiger charge is 2.17. The molecule has 1 heterocycles. The number of ether oxygens (including phenoxy) is 1. The van der Waals surface area contributed by atoms with Crippen LogP contribution in [-0.2, 0) is 4.79 Å². The van der Waals surface area contributed by atoms with E-state index in [2.05, 4.69) is 41.4 Å². The molecule has 2 aromatic carbocycles. The average molecular weight is 370 g/mol. The minimum atomic E-state index is -0.331. The number of amides is 1. The SMILES string of the molecule is C[C@@H]1CCCN(c2ccc([C@H](C)NC(=O)COc3ccc(F)cc3)cc2)C1. The zero-order chi connectivity index (χ0) is 19.2. The summed E-state index contributed by atoms with van der Waals surface area (Å²) in [5.74, 6) is 0.667. The summed E-state index contributed by atoms with van der Waals surface area (Å²) >= 11 is 0. The lowest BCUT2D eigenvalue weighted by Gasteiger charge is -2.33. The Morgan fingerprint density at radius 3 is 2.59 bits per heavy atom. The van der Waals surface area contributed by atoms with Gasteiger partial charge < -0.3 is 15.0 Å². The van der Waals surface area contributed by atoms with Gasteiger partial charge in [-0.05, 0) is 67.6 Å². The van der Waals surface area contributed by atoms with Crippen LogP contribution in [0.3, 0.4) is 0 Å². The third-order valence-electron chi connectivity index (χ3n) is 4.98. The largest absolute Gasteiger partial charge is 0.484 e. The van der Waals surface area contributed by atoms with E-state index in [1.165, 1.54) is 42.8 Å². The fourth-order valence-corrected chi connectivity index (χ4v) is 3.44. The number of nitrogens with one attached hydrogen (secondary N) is 1. The van der Waals surface area contributed by atoms with Crippen molar-refractivity contribution in [2.75, 3.05) is 24.6 Å². The predicted molar refractivity (Wildman–Crippen MR) is 106 cm³/mol. The summed E-state index contributed by atoms with van der Waals surface area (Å²) in [5.41, 5.74) is 2.29. The Balaban J connectivity index is 1.50. The summed E-state index contributed by atoms with van der Waals surface area (Å²) in [6, 6.07) is 13.9. The second-order valence-electron chi connectivity index (χ2n) is 7.32. The number of nitrogens with zero attached hydrogens (tertiary/aromatic N) is 1. The maximum absolute atomic E-state index is 12.9. The van der Waals surface area contributed by atoms with Crippen LogP contribution in [0, 0.1) is 11.7 Å². The Morgan fingerprint density at radius 2 is 1.93 bits per heavy atom. The van der Waals surface area contributed by atoms with Crippen LogP contribution in [-0.4, -0.2) is 25.6 Å². The molecule has 1 N–H and O–H groups in total. The zero-order valence-electron chi connectivity index (χ0n) is 16.0. The number of anilines is 1. The van der Waals surface area contributed by atoms with Crippen LogP contribution >= 0.6 is 0 Å². The number of piperidine rings is 1. The van der Waals surface area contributed by atoms with Crippen molar-refractivity contribution in [1.82, 2.24) is 5.32 Å². The monoisotopic (exact) mass is 370 g/mol. The molecular formula is C22H27FN2O2. The molecule has 0 spiro atoms. The molecule has 5 heteroatoms. The fourth-order valence-electron chi connectivity index (χ4n) is 3.44. The van der Waals surface area contributed by atoms with Crippen molar-refractivity contribution in [3.8, 4) is 5.75 Å². The topological polar surface area (TPSA) is 41.6 Å². The van der Waals surface area contributed by atoms with Crippen molar-refractivity contribution in [2.45, 2.75) is 32.7 Å². The van der Waals surface area contributed by atoms with E-state index in [0.717, 1.165) is 24.6 Å². The van der Waals surface area contributed by atoms with Crippen LogP contribution in [0.4, 0.5) is 10.1 Å². The molecule has 1 saturated heterocycles. The molecule has 0 radical (unpaired) electrons. The molecule has 0 saturated carbocycles. The molecule has 4 nitrogen and oxygen atoms in total. The molecule has 27 heavy (non-hydrogen) atoms. The van der Waals surface area contributed by atoms with E-state index >= 15 is 0 Å². The van der Waals surface area contributed by atoms with Crippen LogP contribution in [0.15, 0.2) is 48.5 Å². The average Bonchev–Trinajstić information content (AvgIpc) is 2.67. The van der Waals surface area contributed by atoms with E-state index < -0.39 is 0 Å². The van der Waals surface area contributed by atoms with Crippen molar-refractivity contribution in [3.63, 3.8) is 0 Å². The summed E-state index contributed by atoms with van der Waals surface area (Å²) in [6.07, 6.45) is 2.54. The Kier molecular flexibility index (Phi) is 6.32. The van der Waals surface area contributed by atoms with Crippen LogP contribution in [0.1, 0.15) is 38.3 Å². The summed E-state index contributed by atoms with van der Waals surface area (Å²) in [4.78, 5) is 14.5. The second kappa shape index (κ2) is 8.89. The molecule has 0 unspecified atom stereocenters. The Hall–Kier alpha value is -2.56. The van der Waals surface area contributed by atoms with Gasteiger partial charge in [0, 0.05) is 18.8 Å². The van der Waals surface area contributed by atoms with Gasteiger partial charge in [0.1, 0.15) is 11.6 Å². The molecule has 1 amide bonds. The van der Waals surface area contributed by atoms with E-state index in [-0.39, 0.29) is 24.4 Å². The van der Waals surface area contributed by atoms with Gasteiger partial charge >= 0.3 is 0 Å². The number of carbonyl (C=O) groups is 1. The summed E-state index contributed by atoms with van der Waals surface area (Å²) in [6.45, 7) is 6.36. The first-order valence-corrected chi connectivity index (χ1v) is 9.54. The first-order valence-electron chi connectivity index (χ1n) is 9.54. The van der Waals surface area contributed by atoms with Crippen molar-refractivity contribution < 1.29 is 13.9 Å². The minimum Gasteiger partial charge on any atom is -0.484 e. The Morgan fingerprint density at radius 1 is 1.22 bits per heavy atom. The van der Waals surface area contributed by atoms with E-state index in [4.69, 9.17) is 4.74 Å². The van der Waals surface area contributed by atoms with E-state index in [1.54, 1.807) is 0 Å². The first-order chi connectivity index (χ1) is 13.0. The third-order valence-corrected chi connectivity index (χ3v) is 4.98. The molecule has 0 bridgehead atoms. The lowest BCUT2D eigenvalue weighted by molar-refractivity contribution is -0.123. The van der Waals surface area contributed by atoms with Gasteiger partial charge in [0.05, 0.1) is 6.04 Å². The highest BCUT2D eigenvalue weighted by atomic mass is 19.1. The van der Waals surface area contributed by atoms with Gasteiger partial charge in [-0.1, -0.05) is 19.1 Å². The van der Waals surface area contributed by atoms with Crippen LogP contribution in [0.5, 0.6) is 5.75 Å². The molecule has 2 atom stereocenters. The normalized spacial score (nSPS) is 18.0. The highest BCUT2D eigenvalue weighted by molar-refractivity contribution is 5.78. The summed E-state index contributed by atoms with van der Waals surface area (Å²) < 4.78 is 18.3. The van der Waals surface area contributed by atoms with Gasteiger partial charge in [-0.3, -0.25) is 4.79 Å². The van der Waals surface area contributed by atoms with Crippen molar-refractivity contribution in [3.05, 3.63) is 59.9 Å². The maximum Gasteiger partial charge on any atom is 0.258 e. The number of rotatable bonds is 6. The number of hydrogen-bond acceptors (Lipinski definition) is 3. The Labute approximate surface area is 160 Å². The quantitative estimate of drug-likeness (QED) is 0.823. The molecular weight excluding hydrogens is 343 g/mol. The van der Waals surface area contributed by atoms with Crippen molar-refractivity contribution in [2.24, 2.45) is 5.92 Å². The second-order valence-corrected chi connectivity index (χ2v) is 7.32. The standard InChI is InChI=1S/C22H27FN2O2/c1-16-4-3-13-25(14-16)20-9-5-18(6-10-20)17(2)24-22(26)15-27-21-11-7-19(23)8-12-21/h5-12,16-17H,3-4,13-15H2,1-2H3,(H,24,26)/t16-,17+/m1/s1. The minimum absolute atomic E-state index is 0.0975. The summed E-state index contributed by atoms with van der Waals surface area (Å²) in [7, 11) is 0. The van der Waals surface area contributed by atoms with Gasteiger partial charge in [-0.25, -0.2) is 4.39 Å². The molecule has 2 aromatic rings. The maximum atomic E-state index is 12.9. The molecule has 1 aliphatic heterocycles.